The summed E-state index contributed by atoms with van der Waals surface area (Å²) < 4.78 is 10.00. The van der Waals surface area contributed by atoms with Crippen LogP contribution in [0.2, 0.25) is 0 Å². The molecule has 0 spiro atoms. The van der Waals surface area contributed by atoms with Crippen LogP contribution in [0, 0.1) is 0 Å². The van der Waals surface area contributed by atoms with Gasteiger partial charge in [0, 0.05) is 0 Å². The fourth-order valence-electron chi connectivity index (χ4n) is 3.12. The van der Waals surface area contributed by atoms with E-state index in [1.807, 2.05) is 0 Å². The number of hydrogen-bond acceptors (Lipinski definition) is 10. The number of ketones is 2. The molecule has 0 aliphatic rings. The summed E-state index contributed by atoms with van der Waals surface area (Å²) in [6.45, 7) is 0. The molecule has 0 aliphatic heterocycles. The number of carbonyl (C=O) groups excluding carboxylic acids is 2. The molecule has 0 fully saturated rings. The third-order valence-electron chi connectivity index (χ3n) is 4.99. The highest BCUT2D eigenvalue weighted by Crippen LogP contribution is 2.27. The summed E-state index contributed by atoms with van der Waals surface area (Å²) in [5.74, 6) is -0.00488. The van der Waals surface area contributed by atoms with E-state index in [0.717, 1.165) is 0 Å². The van der Waals surface area contributed by atoms with E-state index < -0.39 is 0 Å². The minimum Gasteiger partial charge on any atom is -0.504 e. The molecule has 0 saturated heterocycles. The summed E-state index contributed by atoms with van der Waals surface area (Å²) in [4.78, 5) is 47.4. The van der Waals surface area contributed by atoms with Crippen LogP contribution in [0.5, 0.6) is 23.0 Å². The Balaban J connectivity index is 0.000000299. The average Bonchev–Trinajstić information content (AvgIpc) is 3.37. The molecule has 4 aromatic rings. The van der Waals surface area contributed by atoms with Crippen LogP contribution in [-0.4, -0.2) is 55.9 Å². The van der Waals surface area contributed by atoms with Gasteiger partial charge in [-0.05, 0) is 47.5 Å². The number of benzene rings is 2. The van der Waals surface area contributed by atoms with E-state index in [2.05, 4.69) is 19.9 Å². The second-order valence-corrected chi connectivity index (χ2v) is 7.69. The lowest BCUT2D eigenvalue weighted by Gasteiger charge is -2.03. The molecule has 0 bridgehead atoms. The number of rotatable bonds is 8. The van der Waals surface area contributed by atoms with E-state index in [-0.39, 0.29) is 41.0 Å². The van der Waals surface area contributed by atoms with E-state index in [0.29, 0.717) is 33.8 Å². The predicted octanol–water partition coefficient (Wildman–Crippen LogP) is 2.60. The van der Waals surface area contributed by atoms with Gasteiger partial charge in [-0.25, -0.2) is 4.98 Å². The smallest absolute Gasteiger partial charge is 0.278 e. The first-order valence-corrected chi connectivity index (χ1v) is 11.0. The molecule has 0 atom stereocenters. The van der Waals surface area contributed by atoms with Crippen LogP contribution >= 0.6 is 0 Å². The molecule has 4 rings (SSSR count). The van der Waals surface area contributed by atoms with Crippen molar-refractivity contribution < 1.29 is 29.3 Å². The first kappa shape index (κ1) is 27.2. The summed E-state index contributed by atoms with van der Waals surface area (Å²) in [5, 5.41) is 19.1. The number of nitrogen functional groups attached to an aromatic ring is 1. The number of anilines is 1. The molecule has 12 heteroatoms. The average molecular weight is 520 g/mol. The number of phenolic OH excluding ortho intramolecular Hbond substituents is 2. The summed E-state index contributed by atoms with van der Waals surface area (Å²) in [7, 11) is 2.87. The van der Waals surface area contributed by atoms with Gasteiger partial charge in [0.1, 0.15) is 0 Å². The third-order valence-corrected chi connectivity index (χ3v) is 4.99. The Hall–Kier alpha value is -5.39. The number of aromatic nitrogens is 4. The lowest BCUT2D eigenvalue weighted by molar-refractivity contribution is -0.121. The zero-order valence-electron chi connectivity index (χ0n) is 20.5. The molecule has 2 heterocycles. The Morgan fingerprint density at radius 2 is 1.47 bits per heavy atom. The first-order valence-electron chi connectivity index (χ1n) is 11.0. The number of imidazole rings is 1. The number of nitrogens with two attached hydrogens (primary N) is 1. The van der Waals surface area contributed by atoms with Crippen molar-refractivity contribution in [3.63, 3.8) is 0 Å². The molecule has 38 heavy (non-hydrogen) atoms. The normalized spacial score (nSPS) is 10.9. The SMILES string of the molecule is COc1cc(/C=C/C(=O)CC(=O)/C=C/c2ccc(O)c(OC)c2)ccc1O.Nc1nc2nc[nH]c2c(=O)[nH]1. The summed E-state index contributed by atoms with van der Waals surface area (Å²) in [6.07, 6.45) is 6.84. The number of allylic oxidation sites excluding steroid dienone is 2. The van der Waals surface area contributed by atoms with Gasteiger partial charge in [0.2, 0.25) is 5.95 Å². The Bertz CT molecular complexity index is 1500. The summed E-state index contributed by atoms with van der Waals surface area (Å²) in [5.41, 5.74) is 6.98. The Morgan fingerprint density at radius 3 is 1.97 bits per heavy atom. The van der Waals surface area contributed by atoms with Crippen molar-refractivity contribution >= 4 is 40.8 Å². The van der Waals surface area contributed by atoms with E-state index in [1.165, 1.54) is 44.8 Å². The molecule has 12 nitrogen and oxygen atoms in total. The molecular formula is C26H25N5O7. The van der Waals surface area contributed by atoms with Crippen molar-refractivity contribution in [2.24, 2.45) is 0 Å². The van der Waals surface area contributed by atoms with Gasteiger partial charge in [0.05, 0.1) is 27.0 Å². The molecule has 0 amide bonds. The van der Waals surface area contributed by atoms with E-state index in [1.54, 1.807) is 36.4 Å². The molecule has 6 N–H and O–H groups in total. The number of nitrogens with one attached hydrogen (secondary N) is 2. The zero-order chi connectivity index (χ0) is 27.7. The molecule has 0 saturated carbocycles. The highest BCUT2D eigenvalue weighted by molar-refractivity contribution is 6.10. The van der Waals surface area contributed by atoms with Gasteiger partial charge in [-0.3, -0.25) is 19.4 Å². The topological polar surface area (TPSA) is 194 Å². The molecule has 0 aliphatic carbocycles. The quantitative estimate of drug-likeness (QED) is 0.171. The lowest BCUT2D eigenvalue weighted by atomic mass is 10.1. The highest BCUT2D eigenvalue weighted by Gasteiger charge is 2.06. The minimum absolute atomic E-state index is 0.00662. The van der Waals surface area contributed by atoms with Crippen molar-refractivity contribution in [1.82, 2.24) is 19.9 Å². The van der Waals surface area contributed by atoms with Crippen LogP contribution < -0.4 is 20.8 Å². The van der Waals surface area contributed by atoms with Gasteiger partial charge in [0.25, 0.3) is 5.56 Å². The number of aromatic amines is 2. The molecular weight excluding hydrogens is 494 g/mol. The second kappa shape index (κ2) is 12.5. The zero-order valence-corrected chi connectivity index (χ0v) is 20.5. The second-order valence-electron chi connectivity index (χ2n) is 7.69. The van der Waals surface area contributed by atoms with Gasteiger partial charge in [0.15, 0.2) is 45.7 Å². The van der Waals surface area contributed by atoms with Crippen molar-refractivity contribution in [2.45, 2.75) is 6.42 Å². The Kier molecular flexibility index (Phi) is 8.97. The number of methoxy groups -OCH3 is 2. The maximum absolute atomic E-state index is 11.9. The number of hydrogen-bond donors (Lipinski definition) is 5. The van der Waals surface area contributed by atoms with Crippen molar-refractivity contribution in [1.29, 1.82) is 0 Å². The van der Waals surface area contributed by atoms with Crippen molar-refractivity contribution in [3.8, 4) is 23.0 Å². The maximum Gasteiger partial charge on any atom is 0.278 e. The first-order chi connectivity index (χ1) is 18.2. The van der Waals surface area contributed by atoms with Gasteiger partial charge in [-0.2, -0.15) is 4.98 Å². The maximum atomic E-state index is 11.9. The highest BCUT2D eigenvalue weighted by atomic mass is 16.5. The minimum atomic E-state index is -0.347. The summed E-state index contributed by atoms with van der Waals surface area (Å²) >= 11 is 0. The van der Waals surface area contributed by atoms with Crippen molar-refractivity contribution in [3.05, 3.63) is 76.4 Å². The number of carbonyl (C=O) groups is 2. The van der Waals surface area contributed by atoms with Crippen LogP contribution in [-0.2, 0) is 9.59 Å². The number of ether oxygens (including phenoxy) is 2. The lowest BCUT2D eigenvalue weighted by Crippen LogP contribution is -2.10. The van der Waals surface area contributed by atoms with Crippen LogP contribution in [0.1, 0.15) is 17.5 Å². The number of phenols is 2. The Morgan fingerprint density at radius 1 is 0.947 bits per heavy atom. The molecule has 2 aromatic heterocycles. The monoisotopic (exact) mass is 519 g/mol. The number of H-pyrrole nitrogens is 2. The molecule has 0 radical (unpaired) electrons. The fourth-order valence-corrected chi connectivity index (χ4v) is 3.12. The van der Waals surface area contributed by atoms with Crippen LogP contribution in [0.15, 0.2) is 59.7 Å². The molecule has 196 valence electrons. The van der Waals surface area contributed by atoms with E-state index >= 15 is 0 Å². The number of aromatic hydroxyl groups is 2. The third kappa shape index (κ3) is 7.31. The predicted molar refractivity (Wildman–Crippen MR) is 141 cm³/mol. The summed E-state index contributed by atoms with van der Waals surface area (Å²) in [6, 6.07) is 9.34. The van der Waals surface area contributed by atoms with Crippen LogP contribution in [0.4, 0.5) is 5.95 Å². The van der Waals surface area contributed by atoms with Crippen molar-refractivity contribution in [2.75, 3.05) is 20.0 Å². The number of nitrogens with zero attached hydrogens (tertiary/aromatic N) is 2. The van der Waals surface area contributed by atoms with Gasteiger partial charge < -0.3 is 30.4 Å². The van der Waals surface area contributed by atoms with Gasteiger partial charge >= 0.3 is 0 Å². The van der Waals surface area contributed by atoms with E-state index in [9.17, 15) is 24.6 Å². The molecule has 0 unspecified atom stereocenters. The van der Waals surface area contributed by atoms with Gasteiger partial charge in [-0.15, -0.1) is 0 Å². The van der Waals surface area contributed by atoms with Crippen LogP contribution in [0.3, 0.4) is 0 Å². The Labute approximate surface area is 216 Å². The standard InChI is InChI=1S/C21H20O6.C5H5N5O/c1-26-20-11-14(5-9-18(20)24)3-7-16(22)13-17(23)8-4-15-6-10-19(25)21(12-15)27-2;6-5-9-3-2(4(11)10-5)7-1-8-3/h3-12,24-25H,13H2,1-2H3;1H,(H4,6,7,8,9,10,11)/b7-3+,8-4+;. The van der Waals surface area contributed by atoms with Gasteiger partial charge in [-0.1, -0.05) is 24.3 Å². The largest absolute Gasteiger partial charge is 0.504 e. The van der Waals surface area contributed by atoms with E-state index in [4.69, 9.17) is 15.2 Å². The molecule has 2 aromatic carbocycles. The van der Waals surface area contributed by atoms with Crippen LogP contribution in [0.25, 0.3) is 23.3 Å². The fraction of sp³-hybridized carbons (Fsp3) is 0.115. The number of fused-ring (bicyclic) bond motifs is 1.